The first-order chi connectivity index (χ1) is 13.0. The molecule has 0 atom stereocenters. The van der Waals surface area contributed by atoms with Crippen LogP contribution in [0.2, 0.25) is 10.0 Å². The topological polar surface area (TPSA) is 49.4 Å². The van der Waals surface area contributed by atoms with Gasteiger partial charge in [0.05, 0.1) is 10.6 Å². The summed E-state index contributed by atoms with van der Waals surface area (Å²) in [6.45, 7) is 1.24. The van der Waals surface area contributed by atoms with Crippen LogP contribution in [0.25, 0.3) is 0 Å². The highest BCUT2D eigenvalue weighted by Crippen LogP contribution is 2.27. The van der Waals surface area contributed by atoms with Crippen LogP contribution >= 0.6 is 23.2 Å². The number of nitrogens with one attached hydrogen (secondary N) is 1. The van der Waals surface area contributed by atoms with Crippen LogP contribution in [-0.2, 0) is 4.79 Å². The minimum absolute atomic E-state index is 0.0930. The van der Waals surface area contributed by atoms with Crippen molar-refractivity contribution in [3.63, 3.8) is 0 Å². The third-order valence-electron chi connectivity index (χ3n) is 5.81. The van der Waals surface area contributed by atoms with Crippen molar-refractivity contribution in [1.82, 2.24) is 10.2 Å². The summed E-state index contributed by atoms with van der Waals surface area (Å²) >= 11 is 12.1. The molecule has 148 valence electrons. The molecule has 2 aliphatic rings. The van der Waals surface area contributed by atoms with Gasteiger partial charge >= 0.3 is 0 Å². The normalized spacial score (nSPS) is 19.1. The van der Waals surface area contributed by atoms with Crippen LogP contribution in [0, 0.1) is 5.92 Å². The quantitative estimate of drug-likeness (QED) is 0.735. The first kappa shape index (κ1) is 20.5. The average molecular weight is 411 g/mol. The first-order valence-corrected chi connectivity index (χ1v) is 10.8. The van der Waals surface area contributed by atoms with Crippen LogP contribution < -0.4 is 5.32 Å². The number of carbonyl (C=O) groups is 2. The van der Waals surface area contributed by atoms with Gasteiger partial charge in [-0.2, -0.15) is 0 Å². The smallest absolute Gasteiger partial charge is 0.255 e. The molecular weight excluding hydrogens is 383 g/mol. The van der Waals surface area contributed by atoms with E-state index in [9.17, 15) is 9.59 Å². The van der Waals surface area contributed by atoms with Crippen LogP contribution in [0.1, 0.15) is 68.1 Å². The number of amides is 2. The van der Waals surface area contributed by atoms with E-state index in [2.05, 4.69) is 5.32 Å². The highest BCUT2D eigenvalue weighted by atomic mass is 35.5. The lowest BCUT2D eigenvalue weighted by molar-refractivity contribution is -0.122. The van der Waals surface area contributed by atoms with Crippen LogP contribution in [0.5, 0.6) is 0 Å². The van der Waals surface area contributed by atoms with Gasteiger partial charge in [-0.05, 0) is 43.4 Å². The van der Waals surface area contributed by atoms with Gasteiger partial charge < -0.3 is 10.2 Å². The maximum Gasteiger partial charge on any atom is 0.255 e. The molecule has 2 fully saturated rings. The van der Waals surface area contributed by atoms with E-state index in [0.717, 1.165) is 25.2 Å². The van der Waals surface area contributed by atoms with Gasteiger partial charge in [-0.25, -0.2) is 0 Å². The number of hydrogen-bond donors (Lipinski definition) is 1. The highest BCUT2D eigenvalue weighted by Gasteiger charge is 2.26. The first-order valence-electron chi connectivity index (χ1n) is 10.1. The zero-order chi connectivity index (χ0) is 19.2. The van der Waals surface area contributed by atoms with Crippen molar-refractivity contribution < 1.29 is 9.59 Å². The summed E-state index contributed by atoms with van der Waals surface area (Å²) in [5, 5.41) is 4.08. The van der Waals surface area contributed by atoms with E-state index < -0.39 is 0 Å². The fraction of sp³-hybridized carbons (Fsp3) is 0.619. The zero-order valence-electron chi connectivity index (χ0n) is 15.7. The van der Waals surface area contributed by atoms with Crippen molar-refractivity contribution in [3.8, 4) is 0 Å². The number of nitrogens with zero attached hydrogens (tertiary/aromatic N) is 1. The minimum Gasteiger partial charge on any atom is -0.353 e. The van der Waals surface area contributed by atoms with E-state index in [1.807, 2.05) is 0 Å². The molecule has 1 N–H and O–H groups in total. The van der Waals surface area contributed by atoms with Crippen molar-refractivity contribution in [1.29, 1.82) is 0 Å². The molecule has 0 radical (unpaired) electrons. The third-order valence-corrected chi connectivity index (χ3v) is 6.38. The molecule has 4 nitrogen and oxygen atoms in total. The van der Waals surface area contributed by atoms with Gasteiger partial charge in [0, 0.05) is 30.6 Å². The van der Waals surface area contributed by atoms with E-state index in [1.54, 1.807) is 23.1 Å². The predicted molar refractivity (Wildman–Crippen MR) is 109 cm³/mol. The van der Waals surface area contributed by atoms with Gasteiger partial charge in [0.15, 0.2) is 0 Å². The molecule has 0 bridgehead atoms. The number of hydrogen-bond acceptors (Lipinski definition) is 2. The van der Waals surface area contributed by atoms with E-state index in [1.165, 1.54) is 32.1 Å². The molecule has 0 spiro atoms. The largest absolute Gasteiger partial charge is 0.353 e. The highest BCUT2D eigenvalue weighted by molar-refractivity contribution is 6.35. The molecule has 1 aliphatic heterocycles. The van der Waals surface area contributed by atoms with Crippen molar-refractivity contribution in [2.24, 2.45) is 5.92 Å². The van der Waals surface area contributed by atoms with E-state index >= 15 is 0 Å². The number of carbonyl (C=O) groups excluding carboxylic acids is 2. The van der Waals surface area contributed by atoms with Gasteiger partial charge in [-0.3, -0.25) is 9.59 Å². The molecule has 1 aliphatic carbocycles. The SMILES string of the molecule is O=C(CCC1CCCCC1)NC1CCN(C(=O)c2cc(Cl)ccc2Cl)CC1. The Kier molecular flexibility index (Phi) is 7.42. The Morgan fingerprint density at radius 2 is 1.74 bits per heavy atom. The number of halogens is 2. The summed E-state index contributed by atoms with van der Waals surface area (Å²) in [5.41, 5.74) is 0.444. The van der Waals surface area contributed by atoms with Gasteiger partial charge in [0.1, 0.15) is 0 Å². The predicted octanol–water partition coefficient (Wildman–Crippen LogP) is 5.07. The fourth-order valence-corrected chi connectivity index (χ4v) is 4.54. The Bertz CT molecular complexity index is 666. The second-order valence-electron chi connectivity index (χ2n) is 7.80. The second-order valence-corrected chi connectivity index (χ2v) is 8.64. The maximum atomic E-state index is 12.7. The lowest BCUT2D eigenvalue weighted by atomic mass is 9.86. The summed E-state index contributed by atoms with van der Waals surface area (Å²) < 4.78 is 0. The Morgan fingerprint density at radius 3 is 2.44 bits per heavy atom. The fourth-order valence-electron chi connectivity index (χ4n) is 4.17. The third kappa shape index (κ3) is 5.86. The number of benzene rings is 1. The van der Waals surface area contributed by atoms with E-state index in [-0.39, 0.29) is 17.9 Å². The molecular formula is C21H28Cl2N2O2. The lowest BCUT2D eigenvalue weighted by Crippen LogP contribution is -2.46. The summed E-state index contributed by atoms with van der Waals surface area (Å²) in [6, 6.07) is 5.10. The Labute approximate surface area is 171 Å². The van der Waals surface area contributed by atoms with E-state index in [4.69, 9.17) is 23.2 Å². The number of rotatable bonds is 5. The summed E-state index contributed by atoms with van der Waals surface area (Å²) in [6.07, 6.45) is 9.72. The molecule has 0 aromatic heterocycles. The van der Waals surface area contributed by atoms with Crippen LogP contribution in [0.4, 0.5) is 0 Å². The zero-order valence-corrected chi connectivity index (χ0v) is 17.2. The average Bonchev–Trinajstić information content (AvgIpc) is 2.69. The second kappa shape index (κ2) is 9.79. The van der Waals surface area contributed by atoms with Gasteiger partial charge in [0.25, 0.3) is 5.91 Å². The summed E-state index contributed by atoms with van der Waals surface area (Å²) in [5.74, 6) is 0.791. The van der Waals surface area contributed by atoms with Gasteiger partial charge in [-0.15, -0.1) is 0 Å². The van der Waals surface area contributed by atoms with Crippen molar-refractivity contribution in [3.05, 3.63) is 33.8 Å². The monoisotopic (exact) mass is 410 g/mol. The number of likely N-dealkylation sites (tertiary alicyclic amines) is 1. The Morgan fingerprint density at radius 1 is 1.04 bits per heavy atom. The van der Waals surface area contributed by atoms with Crippen LogP contribution in [0.15, 0.2) is 18.2 Å². The van der Waals surface area contributed by atoms with Crippen LogP contribution in [-0.4, -0.2) is 35.8 Å². The van der Waals surface area contributed by atoms with Crippen molar-refractivity contribution in [2.75, 3.05) is 13.1 Å². The molecule has 2 amide bonds. The summed E-state index contributed by atoms with van der Waals surface area (Å²) in [7, 11) is 0. The molecule has 1 aromatic rings. The number of piperidine rings is 1. The molecule has 1 saturated carbocycles. The maximum absolute atomic E-state index is 12.7. The standard InChI is InChI=1S/C21H28Cl2N2O2/c22-16-7-8-19(23)18(14-16)21(27)25-12-10-17(11-13-25)24-20(26)9-6-15-4-2-1-3-5-15/h7-8,14-15,17H,1-6,9-13H2,(H,24,26). The molecule has 1 aromatic carbocycles. The lowest BCUT2D eigenvalue weighted by Gasteiger charge is -2.32. The Hall–Kier alpha value is -1.26. The molecule has 27 heavy (non-hydrogen) atoms. The molecule has 0 unspecified atom stereocenters. The molecule has 6 heteroatoms. The minimum atomic E-state index is -0.0930. The molecule has 1 saturated heterocycles. The van der Waals surface area contributed by atoms with Gasteiger partial charge in [0.2, 0.25) is 5.91 Å². The van der Waals surface area contributed by atoms with E-state index in [0.29, 0.717) is 35.1 Å². The molecule has 1 heterocycles. The van der Waals surface area contributed by atoms with Crippen LogP contribution in [0.3, 0.4) is 0 Å². The molecule has 3 rings (SSSR count). The van der Waals surface area contributed by atoms with Crippen molar-refractivity contribution >= 4 is 35.0 Å². The Balaban J connectivity index is 1.42. The van der Waals surface area contributed by atoms with Crippen molar-refractivity contribution in [2.45, 2.75) is 63.8 Å². The van der Waals surface area contributed by atoms with Gasteiger partial charge in [-0.1, -0.05) is 55.3 Å². The summed E-state index contributed by atoms with van der Waals surface area (Å²) in [4.78, 5) is 26.7.